The largest absolute Gasteiger partial charge is 0.466 e. The Balaban J connectivity index is 2.28. The second-order valence-corrected chi connectivity index (χ2v) is 4.21. The number of hydrogen-bond donors (Lipinski definition) is 1. The number of carbonyl (C=O) groups excluding carboxylic acids is 1. The van der Waals surface area contributed by atoms with E-state index in [4.69, 9.17) is 10.5 Å². The fourth-order valence-corrected chi connectivity index (χ4v) is 1.65. The van der Waals surface area contributed by atoms with Gasteiger partial charge < -0.3 is 15.2 Å². The minimum absolute atomic E-state index is 0.342. The van der Waals surface area contributed by atoms with Gasteiger partial charge in [-0.3, -0.25) is 0 Å². The molecular weight excluding hydrogens is 273 g/mol. The average molecular weight is 287 g/mol. The number of nitrogen functional groups attached to an aromatic ring is 1. The van der Waals surface area contributed by atoms with Crippen LogP contribution in [0.2, 0.25) is 0 Å². The third-order valence-electron chi connectivity index (χ3n) is 2.68. The number of anilines is 1. The quantitative estimate of drug-likeness (QED) is 0.532. The van der Waals surface area contributed by atoms with Crippen molar-refractivity contribution in [2.45, 2.75) is 0 Å². The average Bonchev–Trinajstić information content (AvgIpc) is 2.49. The maximum Gasteiger partial charge on any atom is 0.330 e. The van der Waals surface area contributed by atoms with Crippen molar-refractivity contribution in [3.8, 4) is 11.5 Å². The SMILES string of the molecule is COC(=O)/C=C/c1cc(N)ccc1Oc1ccc(F)cc1. The summed E-state index contributed by atoms with van der Waals surface area (Å²) in [5.41, 5.74) is 6.87. The Labute approximate surface area is 121 Å². The van der Waals surface area contributed by atoms with E-state index in [0.29, 0.717) is 22.7 Å². The van der Waals surface area contributed by atoms with Gasteiger partial charge in [0.05, 0.1) is 7.11 Å². The second-order valence-electron chi connectivity index (χ2n) is 4.21. The van der Waals surface area contributed by atoms with Crippen LogP contribution in [0.15, 0.2) is 48.5 Å². The van der Waals surface area contributed by atoms with Gasteiger partial charge in [-0.05, 0) is 48.5 Å². The molecule has 4 nitrogen and oxygen atoms in total. The van der Waals surface area contributed by atoms with Crippen molar-refractivity contribution in [2.24, 2.45) is 0 Å². The molecule has 2 N–H and O–H groups in total. The highest BCUT2D eigenvalue weighted by molar-refractivity contribution is 5.87. The number of esters is 1. The smallest absolute Gasteiger partial charge is 0.330 e. The predicted octanol–water partition coefficient (Wildman–Crippen LogP) is 3.39. The molecule has 0 unspecified atom stereocenters. The zero-order chi connectivity index (χ0) is 15.2. The summed E-state index contributed by atoms with van der Waals surface area (Å²) in [6.45, 7) is 0. The van der Waals surface area contributed by atoms with E-state index in [1.54, 1.807) is 24.3 Å². The predicted molar refractivity (Wildman–Crippen MR) is 78.4 cm³/mol. The molecule has 0 aromatic heterocycles. The van der Waals surface area contributed by atoms with Crippen molar-refractivity contribution in [1.29, 1.82) is 0 Å². The van der Waals surface area contributed by atoms with Gasteiger partial charge in [0.15, 0.2) is 0 Å². The van der Waals surface area contributed by atoms with E-state index in [2.05, 4.69) is 4.74 Å². The van der Waals surface area contributed by atoms with Crippen LogP contribution in [0.1, 0.15) is 5.56 Å². The minimum Gasteiger partial charge on any atom is -0.466 e. The van der Waals surface area contributed by atoms with Crippen molar-refractivity contribution in [2.75, 3.05) is 12.8 Å². The van der Waals surface area contributed by atoms with Gasteiger partial charge in [0.25, 0.3) is 0 Å². The standard InChI is InChI=1S/C16H14FNO3/c1-20-16(19)9-2-11-10-13(18)5-8-15(11)21-14-6-3-12(17)4-7-14/h2-10H,18H2,1H3/b9-2+. The molecule has 0 aliphatic heterocycles. The maximum atomic E-state index is 12.9. The van der Waals surface area contributed by atoms with Gasteiger partial charge >= 0.3 is 5.97 Å². The summed E-state index contributed by atoms with van der Waals surface area (Å²) < 4.78 is 23.1. The number of carbonyl (C=O) groups is 1. The van der Waals surface area contributed by atoms with Crippen LogP contribution in [-0.2, 0) is 9.53 Å². The summed E-state index contributed by atoms with van der Waals surface area (Å²) in [5, 5.41) is 0. The Bertz CT molecular complexity index is 666. The lowest BCUT2D eigenvalue weighted by Gasteiger charge is -2.09. The summed E-state index contributed by atoms with van der Waals surface area (Å²) in [6, 6.07) is 10.6. The monoisotopic (exact) mass is 287 g/mol. The fraction of sp³-hybridized carbons (Fsp3) is 0.0625. The lowest BCUT2D eigenvalue weighted by Crippen LogP contribution is -1.95. The highest BCUT2D eigenvalue weighted by Gasteiger charge is 2.05. The Morgan fingerprint density at radius 1 is 1.19 bits per heavy atom. The normalized spacial score (nSPS) is 10.6. The van der Waals surface area contributed by atoms with E-state index in [1.807, 2.05) is 0 Å². The van der Waals surface area contributed by atoms with Crippen LogP contribution in [0.3, 0.4) is 0 Å². The summed E-state index contributed by atoms with van der Waals surface area (Å²) >= 11 is 0. The number of hydrogen-bond acceptors (Lipinski definition) is 4. The van der Waals surface area contributed by atoms with Crippen LogP contribution in [0.25, 0.3) is 6.08 Å². The van der Waals surface area contributed by atoms with Gasteiger partial charge in [0, 0.05) is 17.3 Å². The molecule has 5 heteroatoms. The molecule has 0 aliphatic carbocycles. The Hall–Kier alpha value is -2.82. The van der Waals surface area contributed by atoms with Crippen molar-refractivity contribution < 1.29 is 18.7 Å². The van der Waals surface area contributed by atoms with Crippen molar-refractivity contribution >= 4 is 17.7 Å². The van der Waals surface area contributed by atoms with Crippen LogP contribution in [-0.4, -0.2) is 13.1 Å². The molecule has 0 fully saturated rings. The lowest BCUT2D eigenvalue weighted by molar-refractivity contribution is -0.134. The van der Waals surface area contributed by atoms with Gasteiger partial charge in [-0.2, -0.15) is 0 Å². The minimum atomic E-state index is -0.481. The van der Waals surface area contributed by atoms with Crippen LogP contribution in [0.5, 0.6) is 11.5 Å². The van der Waals surface area contributed by atoms with E-state index >= 15 is 0 Å². The third-order valence-corrected chi connectivity index (χ3v) is 2.68. The maximum absolute atomic E-state index is 12.9. The van der Waals surface area contributed by atoms with Gasteiger partial charge in [0.2, 0.25) is 0 Å². The van der Waals surface area contributed by atoms with Gasteiger partial charge in [-0.15, -0.1) is 0 Å². The number of benzene rings is 2. The molecule has 2 rings (SSSR count). The van der Waals surface area contributed by atoms with Crippen molar-refractivity contribution in [3.05, 3.63) is 59.9 Å². The van der Waals surface area contributed by atoms with Crippen LogP contribution in [0, 0.1) is 5.82 Å². The molecule has 0 bridgehead atoms. The Morgan fingerprint density at radius 2 is 1.90 bits per heavy atom. The van der Waals surface area contributed by atoms with Crippen LogP contribution in [0.4, 0.5) is 10.1 Å². The first-order valence-electron chi connectivity index (χ1n) is 6.17. The first-order valence-corrected chi connectivity index (χ1v) is 6.17. The van der Waals surface area contributed by atoms with E-state index in [9.17, 15) is 9.18 Å². The molecule has 0 amide bonds. The first kappa shape index (κ1) is 14.6. The van der Waals surface area contributed by atoms with E-state index in [0.717, 1.165) is 0 Å². The lowest BCUT2D eigenvalue weighted by atomic mass is 10.1. The summed E-state index contributed by atoms with van der Waals surface area (Å²) in [4.78, 5) is 11.2. The summed E-state index contributed by atoms with van der Waals surface area (Å²) in [7, 11) is 1.29. The second kappa shape index (κ2) is 6.56. The molecule has 0 heterocycles. The molecule has 108 valence electrons. The molecule has 2 aromatic carbocycles. The molecule has 0 atom stereocenters. The number of nitrogens with two attached hydrogens (primary N) is 1. The molecule has 0 radical (unpaired) electrons. The summed E-state index contributed by atoms with van der Waals surface area (Å²) in [5.74, 6) is 0.153. The molecule has 0 saturated carbocycles. The Kier molecular flexibility index (Phi) is 4.56. The number of halogens is 1. The van der Waals surface area contributed by atoms with Gasteiger partial charge in [-0.1, -0.05) is 0 Å². The van der Waals surface area contributed by atoms with E-state index in [-0.39, 0.29) is 5.82 Å². The fourth-order valence-electron chi connectivity index (χ4n) is 1.65. The number of methoxy groups -OCH3 is 1. The van der Waals surface area contributed by atoms with Gasteiger partial charge in [-0.25, -0.2) is 9.18 Å². The molecular formula is C16H14FNO3. The first-order chi connectivity index (χ1) is 10.1. The van der Waals surface area contributed by atoms with Crippen LogP contribution < -0.4 is 10.5 Å². The van der Waals surface area contributed by atoms with Crippen molar-refractivity contribution in [3.63, 3.8) is 0 Å². The summed E-state index contributed by atoms with van der Waals surface area (Å²) in [6.07, 6.45) is 2.81. The van der Waals surface area contributed by atoms with E-state index < -0.39 is 5.97 Å². The van der Waals surface area contributed by atoms with Crippen molar-refractivity contribution in [1.82, 2.24) is 0 Å². The molecule has 2 aromatic rings. The topological polar surface area (TPSA) is 61.5 Å². The zero-order valence-corrected chi connectivity index (χ0v) is 11.4. The number of rotatable bonds is 4. The highest BCUT2D eigenvalue weighted by atomic mass is 19.1. The highest BCUT2D eigenvalue weighted by Crippen LogP contribution is 2.28. The van der Waals surface area contributed by atoms with Gasteiger partial charge in [0.1, 0.15) is 17.3 Å². The zero-order valence-electron chi connectivity index (χ0n) is 11.4. The van der Waals surface area contributed by atoms with E-state index in [1.165, 1.54) is 37.5 Å². The molecule has 0 spiro atoms. The molecule has 21 heavy (non-hydrogen) atoms. The molecule has 0 aliphatic rings. The third kappa shape index (κ3) is 4.07. The van der Waals surface area contributed by atoms with Crippen LogP contribution >= 0.6 is 0 Å². The Morgan fingerprint density at radius 3 is 2.57 bits per heavy atom. The number of ether oxygens (including phenoxy) is 2. The molecule has 0 saturated heterocycles.